The van der Waals surface area contributed by atoms with Crippen molar-refractivity contribution in [3.05, 3.63) is 71.8 Å². The number of rotatable bonds is 5. The van der Waals surface area contributed by atoms with Crippen molar-refractivity contribution >= 4 is 11.8 Å². The molecule has 32 heavy (non-hydrogen) atoms. The summed E-state index contributed by atoms with van der Waals surface area (Å²) < 4.78 is 0. The highest BCUT2D eigenvalue weighted by Gasteiger charge is 2.16. The molecule has 2 rings (SSSR count). The summed E-state index contributed by atoms with van der Waals surface area (Å²) in [6.45, 7) is 15.6. The Morgan fingerprint density at radius 2 is 1.28 bits per heavy atom. The molecule has 0 atom stereocenters. The van der Waals surface area contributed by atoms with E-state index in [1.54, 1.807) is 31.2 Å². The van der Waals surface area contributed by atoms with Gasteiger partial charge in [-0.3, -0.25) is 15.4 Å². The van der Waals surface area contributed by atoms with Gasteiger partial charge in [-0.2, -0.15) is 4.89 Å². The summed E-state index contributed by atoms with van der Waals surface area (Å²) in [5.74, 6) is 0.999. The third-order valence-electron chi connectivity index (χ3n) is 3.54. The van der Waals surface area contributed by atoms with Crippen LogP contribution in [0.15, 0.2) is 60.7 Å². The van der Waals surface area contributed by atoms with Gasteiger partial charge >= 0.3 is 5.97 Å². The fourth-order valence-electron chi connectivity index (χ4n) is 2.20. The lowest BCUT2D eigenvalue weighted by molar-refractivity contribution is -0.301. The van der Waals surface area contributed by atoms with E-state index in [0.29, 0.717) is 17.4 Å². The van der Waals surface area contributed by atoms with Crippen LogP contribution in [-0.4, -0.2) is 27.9 Å². The minimum Gasteiger partial charge on any atom is -0.300 e. The monoisotopic (exact) mass is 448 g/mol. The molecule has 2 N–H and O–H groups in total. The molecule has 0 amide bonds. The smallest absolute Gasteiger partial charge is 0.300 e. The van der Waals surface area contributed by atoms with E-state index in [-0.39, 0.29) is 5.78 Å². The maximum Gasteiger partial charge on any atom is 0.373 e. The summed E-state index contributed by atoms with van der Waals surface area (Å²) in [7, 11) is 0. The van der Waals surface area contributed by atoms with Gasteiger partial charge in [0.15, 0.2) is 0 Å². The van der Waals surface area contributed by atoms with Gasteiger partial charge in [-0.05, 0) is 57.2 Å². The van der Waals surface area contributed by atoms with Crippen LogP contribution in [0, 0.1) is 5.92 Å². The second-order valence-electron chi connectivity index (χ2n) is 8.80. The van der Waals surface area contributed by atoms with E-state index >= 15 is 0 Å². The first kappa shape index (κ1) is 31.6. The Labute approximate surface area is 193 Å². The van der Waals surface area contributed by atoms with Gasteiger partial charge in [0.25, 0.3) is 0 Å². The molecule has 0 fully saturated rings. The largest absolute Gasteiger partial charge is 0.373 e. The van der Waals surface area contributed by atoms with Gasteiger partial charge in [-0.25, -0.2) is 4.79 Å². The molecule has 0 saturated carbocycles. The van der Waals surface area contributed by atoms with E-state index in [2.05, 4.69) is 43.0 Å². The second-order valence-corrected chi connectivity index (χ2v) is 8.80. The lowest BCUT2D eigenvalue weighted by Gasteiger charge is -2.16. The number of hydrogen-bond acceptors (Lipinski definition) is 6. The molecule has 0 aliphatic carbocycles. The standard InChI is InChI=1S/C11H14O3.C9H12.C6H12O.H2O2/c1-11(2,3)14-13-10(12)9-7-5-4-6-8-9;1-8(2)9-6-4-3-5-7-9;1-5(2)4-6(3)7;1-2/h4-8H,1-3H3;3-8H,1-2H3;5H,4H2,1-3H3;1-2H. The predicted molar refractivity (Wildman–Crippen MR) is 129 cm³/mol. The van der Waals surface area contributed by atoms with Crippen LogP contribution in [0.5, 0.6) is 0 Å². The molecule has 6 nitrogen and oxygen atoms in total. The molecule has 0 unspecified atom stereocenters. The first-order valence-electron chi connectivity index (χ1n) is 10.6. The first-order valence-corrected chi connectivity index (χ1v) is 10.6. The van der Waals surface area contributed by atoms with Crippen LogP contribution < -0.4 is 0 Å². The molecule has 0 aromatic heterocycles. The lowest BCUT2D eigenvalue weighted by atomic mass is 10.0. The van der Waals surface area contributed by atoms with Crippen molar-refractivity contribution in [1.82, 2.24) is 0 Å². The molecule has 0 heterocycles. The average molecular weight is 449 g/mol. The predicted octanol–water partition coefficient (Wildman–Crippen LogP) is 7.02. The summed E-state index contributed by atoms with van der Waals surface area (Å²) in [6.07, 6.45) is 0.722. The number of benzene rings is 2. The maximum atomic E-state index is 11.3. The van der Waals surface area contributed by atoms with Crippen molar-refractivity contribution in [2.45, 2.75) is 73.3 Å². The number of carbonyl (C=O) groups is 2. The first-order chi connectivity index (χ1) is 14.9. The maximum absolute atomic E-state index is 11.3. The minimum absolute atomic E-state index is 0.287. The molecule has 6 heteroatoms. The van der Waals surface area contributed by atoms with Crippen molar-refractivity contribution in [1.29, 1.82) is 0 Å². The van der Waals surface area contributed by atoms with Gasteiger partial charge < -0.3 is 4.79 Å². The molecule has 0 radical (unpaired) electrons. The Bertz CT molecular complexity index is 719. The Hall–Kier alpha value is -2.54. The summed E-state index contributed by atoms with van der Waals surface area (Å²) >= 11 is 0. The molecular formula is C26H40O6. The SMILES string of the molecule is CC(=O)CC(C)C.CC(C)(C)OOC(=O)c1ccccc1.CC(C)c1ccccc1.OO. The van der Waals surface area contributed by atoms with Crippen LogP contribution in [0.3, 0.4) is 0 Å². The van der Waals surface area contributed by atoms with Crippen molar-refractivity contribution < 1.29 is 29.9 Å². The number of carbonyl (C=O) groups excluding carboxylic acids is 2. The second kappa shape index (κ2) is 18.1. The zero-order valence-corrected chi connectivity index (χ0v) is 20.7. The summed E-state index contributed by atoms with van der Waals surface area (Å²) in [4.78, 5) is 31.1. The highest BCUT2D eigenvalue weighted by Crippen LogP contribution is 2.12. The third-order valence-corrected chi connectivity index (χ3v) is 3.54. The van der Waals surface area contributed by atoms with E-state index in [0.717, 1.165) is 6.42 Å². The molecule has 2 aromatic carbocycles. The molecule has 0 aliphatic heterocycles. The van der Waals surface area contributed by atoms with E-state index in [1.165, 1.54) is 5.56 Å². The van der Waals surface area contributed by atoms with E-state index in [1.807, 2.05) is 46.8 Å². The van der Waals surface area contributed by atoms with Crippen LogP contribution in [-0.2, 0) is 14.6 Å². The third kappa shape index (κ3) is 19.4. The fraction of sp³-hybridized carbons (Fsp3) is 0.462. The molecule has 180 valence electrons. The van der Waals surface area contributed by atoms with Gasteiger partial charge in [-0.15, -0.1) is 0 Å². The number of ketones is 1. The zero-order valence-electron chi connectivity index (χ0n) is 20.7. The van der Waals surface area contributed by atoms with Crippen LogP contribution >= 0.6 is 0 Å². The van der Waals surface area contributed by atoms with Crippen LogP contribution in [0.2, 0.25) is 0 Å². The van der Waals surface area contributed by atoms with Crippen molar-refractivity contribution in [2.75, 3.05) is 0 Å². The average Bonchev–Trinajstić information content (AvgIpc) is 2.74. The Morgan fingerprint density at radius 1 is 0.844 bits per heavy atom. The van der Waals surface area contributed by atoms with Gasteiger partial charge in [0.05, 0.1) is 5.56 Å². The quantitative estimate of drug-likeness (QED) is 0.377. The van der Waals surface area contributed by atoms with Crippen molar-refractivity contribution in [3.63, 3.8) is 0 Å². The lowest BCUT2D eigenvalue weighted by Crippen LogP contribution is -2.21. The molecule has 0 aliphatic rings. The molecule has 0 bridgehead atoms. The normalized spacial score (nSPS) is 10.0. The topological polar surface area (TPSA) is 93.1 Å². The Morgan fingerprint density at radius 3 is 1.56 bits per heavy atom. The summed E-state index contributed by atoms with van der Waals surface area (Å²) in [6, 6.07) is 19.2. The van der Waals surface area contributed by atoms with Gasteiger partial charge in [0.2, 0.25) is 0 Å². The van der Waals surface area contributed by atoms with E-state index in [9.17, 15) is 9.59 Å². The number of Topliss-reactive ketones (excluding diaryl/α,β-unsaturated/α-hetero) is 1. The molecule has 2 aromatic rings. The fourth-order valence-corrected chi connectivity index (χ4v) is 2.20. The van der Waals surface area contributed by atoms with Crippen molar-refractivity contribution in [3.8, 4) is 0 Å². The molecule has 0 saturated heterocycles. The van der Waals surface area contributed by atoms with Gasteiger partial charge in [0, 0.05) is 6.42 Å². The summed E-state index contributed by atoms with van der Waals surface area (Å²) in [5.41, 5.74) is 1.42. The Kier molecular flexibility index (Phi) is 17.9. The van der Waals surface area contributed by atoms with Gasteiger partial charge in [0.1, 0.15) is 11.4 Å². The number of hydrogen-bond donors (Lipinski definition) is 2. The molecule has 0 spiro atoms. The Balaban J connectivity index is 0. The highest BCUT2D eigenvalue weighted by molar-refractivity contribution is 5.88. The van der Waals surface area contributed by atoms with Crippen LogP contribution in [0.4, 0.5) is 0 Å². The van der Waals surface area contributed by atoms with E-state index in [4.69, 9.17) is 15.4 Å². The van der Waals surface area contributed by atoms with Crippen molar-refractivity contribution in [2.24, 2.45) is 5.92 Å². The van der Waals surface area contributed by atoms with E-state index < -0.39 is 11.6 Å². The van der Waals surface area contributed by atoms with Crippen LogP contribution in [0.25, 0.3) is 0 Å². The molecular weight excluding hydrogens is 408 g/mol. The highest BCUT2D eigenvalue weighted by atomic mass is 17.2. The summed E-state index contributed by atoms with van der Waals surface area (Å²) in [5, 5.41) is 12.0. The minimum atomic E-state index is -0.482. The van der Waals surface area contributed by atoms with Crippen LogP contribution in [0.1, 0.15) is 83.7 Å². The zero-order chi connectivity index (χ0) is 25.2. The van der Waals surface area contributed by atoms with Gasteiger partial charge in [-0.1, -0.05) is 76.2 Å².